The van der Waals surface area contributed by atoms with E-state index in [2.05, 4.69) is 0 Å². The van der Waals surface area contributed by atoms with Gasteiger partial charge in [-0.25, -0.2) is 0 Å². The monoisotopic (exact) mass is 292 g/mol. The average Bonchev–Trinajstić information content (AvgIpc) is 1.35. The SMILES string of the molecule is O=S(=O)(O)[Se][TeH]. The molecule has 0 aromatic carbocycles. The molecule has 0 saturated heterocycles. The molecule has 0 unspecified atom stereocenters. The quantitative estimate of drug-likeness (QED) is 0.463. The van der Waals surface area contributed by atoms with Crippen LogP contribution in [0.4, 0.5) is 0 Å². The van der Waals surface area contributed by atoms with Crippen LogP contribution in [-0.4, -0.2) is 43.7 Å². The van der Waals surface area contributed by atoms with Crippen molar-refractivity contribution in [3.63, 3.8) is 0 Å². The van der Waals surface area contributed by atoms with E-state index in [1.807, 2.05) is 0 Å². The molecule has 0 spiro atoms. The molecule has 0 radical (unpaired) electrons. The van der Waals surface area contributed by atoms with Gasteiger partial charge in [-0.2, -0.15) is 0 Å². The number of hydrogen-bond donors (Lipinski definition) is 1. The Morgan fingerprint density at radius 2 is 1.83 bits per heavy atom. The van der Waals surface area contributed by atoms with Crippen LogP contribution in [0.5, 0.6) is 0 Å². The normalized spacial score (nSPS) is 11.7. The van der Waals surface area contributed by atoms with E-state index in [4.69, 9.17) is 4.55 Å². The molecule has 6 heteroatoms. The van der Waals surface area contributed by atoms with Crippen molar-refractivity contribution in [2.75, 3.05) is 0 Å². The first kappa shape index (κ1) is 7.22. The first-order valence-electron chi connectivity index (χ1n) is 0.865. The van der Waals surface area contributed by atoms with Gasteiger partial charge in [0, 0.05) is 0 Å². The van der Waals surface area contributed by atoms with Crippen molar-refractivity contribution in [1.82, 2.24) is 0 Å². The van der Waals surface area contributed by atoms with Gasteiger partial charge < -0.3 is 0 Å². The minimum atomic E-state index is -3.58. The van der Waals surface area contributed by atoms with Crippen LogP contribution in [0.15, 0.2) is 0 Å². The molecule has 0 heterocycles. The second-order valence-electron chi connectivity index (χ2n) is 0.502. The van der Waals surface area contributed by atoms with E-state index in [1.54, 1.807) is 0 Å². The first-order chi connectivity index (χ1) is 2.56. The molecule has 0 atom stereocenters. The van der Waals surface area contributed by atoms with Crippen LogP contribution < -0.4 is 0 Å². The van der Waals surface area contributed by atoms with Crippen LogP contribution in [0.25, 0.3) is 0 Å². The summed E-state index contributed by atoms with van der Waals surface area (Å²) in [6.07, 6.45) is 0. The Morgan fingerprint density at radius 1 is 1.67 bits per heavy atom. The molecular formula is H2O3SSeTe. The van der Waals surface area contributed by atoms with Crippen molar-refractivity contribution in [2.45, 2.75) is 0 Å². The van der Waals surface area contributed by atoms with E-state index in [-0.39, 0.29) is 0 Å². The van der Waals surface area contributed by atoms with Crippen LogP contribution in [0.2, 0.25) is 0 Å². The van der Waals surface area contributed by atoms with Gasteiger partial charge in [0.05, 0.1) is 0 Å². The molecule has 6 heavy (non-hydrogen) atoms. The summed E-state index contributed by atoms with van der Waals surface area (Å²) >= 11 is 1.12. The zero-order valence-electron chi connectivity index (χ0n) is 2.53. The summed E-state index contributed by atoms with van der Waals surface area (Å²) in [6.45, 7) is 0. The van der Waals surface area contributed by atoms with Gasteiger partial charge in [-0.05, 0) is 0 Å². The third kappa shape index (κ3) is 5.22. The summed E-state index contributed by atoms with van der Waals surface area (Å²) in [5, 5.41) is 0. The van der Waals surface area contributed by atoms with Crippen molar-refractivity contribution >= 4 is 39.3 Å². The second kappa shape index (κ2) is 2.51. The van der Waals surface area contributed by atoms with Gasteiger partial charge in [0.25, 0.3) is 0 Å². The van der Waals surface area contributed by atoms with Gasteiger partial charge >= 0.3 is 52.2 Å². The summed E-state index contributed by atoms with van der Waals surface area (Å²) in [5.74, 6) is 0. The fourth-order valence-corrected chi connectivity index (χ4v) is 0. The average molecular weight is 289 g/mol. The molecule has 1 N–H and O–H groups in total. The fourth-order valence-electron chi connectivity index (χ4n) is 0. The molecule has 38 valence electrons. The molecule has 0 aromatic heterocycles. The zero-order chi connectivity index (χ0) is 5.21. The summed E-state index contributed by atoms with van der Waals surface area (Å²) in [7, 11) is -4.19. The molecule has 0 rings (SSSR count). The van der Waals surface area contributed by atoms with Gasteiger partial charge in [0.2, 0.25) is 0 Å². The van der Waals surface area contributed by atoms with Gasteiger partial charge in [-0.1, -0.05) is 0 Å². The van der Waals surface area contributed by atoms with Crippen LogP contribution in [0.3, 0.4) is 0 Å². The number of hydrogen-bond acceptors (Lipinski definition) is 2. The van der Waals surface area contributed by atoms with Gasteiger partial charge in [0.1, 0.15) is 0 Å². The fraction of sp³-hybridized carbons (Fsp3) is 0. The Kier molecular flexibility index (Phi) is 3.02. The third-order valence-electron chi connectivity index (χ3n) is 0.0942. The molecule has 0 aliphatic heterocycles. The van der Waals surface area contributed by atoms with E-state index in [0.29, 0.717) is 0 Å². The van der Waals surface area contributed by atoms with E-state index < -0.39 is 19.2 Å². The van der Waals surface area contributed by atoms with Crippen LogP contribution in [-0.2, 0) is 8.54 Å². The summed E-state index contributed by atoms with van der Waals surface area (Å²) in [5.41, 5.74) is 0. The van der Waals surface area contributed by atoms with Gasteiger partial charge in [-0.15, -0.1) is 0 Å². The summed E-state index contributed by atoms with van der Waals surface area (Å²) < 4.78 is 27.0. The molecule has 0 aromatic rings. The van der Waals surface area contributed by atoms with E-state index in [9.17, 15) is 8.42 Å². The van der Waals surface area contributed by atoms with Crippen molar-refractivity contribution < 1.29 is 13.0 Å². The maximum absolute atomic E-state index is 9.60. The van der Waals surface area contributed by atoms with Crippen molar-refractivity contribution in [2.24, 2.45) is 0 Å². The zero-order valence-corrected chi connectivity index (χ0v) is 7.61. The Balaban J connectivity index is 3.85. The number of rotatable bonds is 1. The van der Waals surface area contributed by atoms with Crippen LogP contribution in [0, 0.1) is 0 Å². The molecule has 0 amide bonds. The Morgan fingerprint density at radius 3 is 1.83 bits per heavy atom. The van der Waals surface area contributed by atoms with E-state index in [1.165, 1.54) is 0 Å². The minimum absolute atomic E-state index is 0.610. The maximum atomic E-state index is 9.60. The standard InChI is InChI=1S/H2O3SSeTe/c1-4(2,3)5-6/h6H,(H,1,2,3). The third-order valence-corrected chi connectivity index (χ3v) is 9.85. The molecular weight excluding hydrogens is 287 g/mol. The molecule has 3 nitrogen and oxygen atoms in total. The van der Waals surface area contributed by atoms with Gasteiger partial charge in [-0.3, -0.25) is 0 Å². The molecule has 0 bridgehead atoms. The van der Waals surface area contributed by atoms with Gasteiger partial charge in [0.15, 0.2) is 0 Å². The summed E-state index contributed by atoms with van der Waals surface area (Å²) in [4.78, 5) is 0. The predicted molar refractivity (Wildman–Crippen MR) is 24.5 cm³/mol. The Labute approximate surface area is 52.0 Å². The molecule has 0 aliphatic rings. The summed E-state index contributed by atoms with van der Waals surface area (Å²) in [6, 6.07) is 0. The first-order valence-corrected chi connectivity index (χ1v) is 10.5. The predicted octanol–water partition coefficient (Wildman–Crippen LogP) is -1.69. The Hall–Kier alpha value is 1.22. The van der Waals surface area contributed by atoms with E-state index >= 15 is 0 Å². The van der Waals surface area contributed by atoms with Crippen molar-refractivity contribution in [3.8, 4) is 0 Å². The van der Waals surface area contributed by atoms with Crippen LogP contribution >= 0.6 is 0 Å². The topological polar surface area (TPSA) is 54.4 Å². The van der Waals surface area contributed by atoms with Crippen molar-refractivity contribution in [1.29, 1.82) is 0 Å². The molecule has 0 aliphatic carbocycles. The Bertz CT molecular complexity index is 113. The van der Waals surface area contributed by atoms with Crippen molar-refractivity contribution in [3.05, 3.63) is 0 Å². The van der Waals surface area contributed by atoms with E-state index in [0.717, 1.165) is 20.1 Å². The second-order valence-corrected chi connectivity index (χ2v) is 11.7. The molecule has 0 saturated carbocycles. The van der Waals surface area contributed by atoms with Crippen LogP contribution in [0.1, 0.15) is 0 Å². The molecule has 0 fully saturated rings.